The van der Waals surface area contributed by atoms with E-state index in [1.165, 1.54) is 68.6 Å². The number of aromatic carboxylic acids is 1. The van der Waals surface area contributed by atoms with Crippen molar-refractivity contribution in [2.75, 3.05) is 23.5 Å². The number of carboxylic acid groups (broad SMARTS) is 1. The van der Waals surface area contributed by atoms with Crippen molar-refractivity contribution in [3.05, 3.63) is 106 Å². The average Bonchev–Trinajstić information content (AvgIpc) is 3.99. The van der Waals surface area contributed by atoms with Gasteiger partial charge in [0.15, 0.2) is 0 Å². The number of carbonyl (C=O) groups is 2. The number of anilines is 1. The molecule has 1 amide bonds. The van der Waals surface area contributed by atoms with Gasteiger partial charge in [0.05, 0.1) is 39.2 Å². The lowest BCUT2D eigenvalue weighted by molar-refractivity contribution is -0.137. The summed E-state index contributed by atoms with van der Waals surface area (Å²) in [7, 11) is 0. The quantitative estimate of drug-likeness (QED) is 0.0942. The number of alkyl halides is 3. The maximum Gasteiger partial charge on any atom is 0.416 e. The van der Waals surface area contributed by atoms with Crippen LogP contribution in [0.1, 0.15) is 101 Å². The number of rotatable bonds is 14. The number of thiazole rings is 1. The molecule has 0 spiro atoms. The van der Waals surface area contributed by atoms with Gasteiger partial charge >= 0.3 is 12.1 Å². The van der Waals surface area contributed by atoms with E-state index in [4.69, 9.17) is 9.52 Å². The summed E-state index contributed by atoms with van der Waals surface area (Å²) in [5.74, 6) is 0.955. The topological polar surface area (TPSA) is 111 Å². The highest BCUT2D eigenvalue weighted by molar-refractivity contribution is 7.99. The standard InChI is InChI=1S/C33H39F3N4OS2.C9H6O3/c1-3-4-5-6-7-8-9-12-18-37-31-28(25-16-10-11-17-26(25)39-31)27-20-42-21-40(27)32(41)29-30(43-22(2)38-29)23-14-13-15-24(19-23)33(34,35)36;10-9(11)7-2-1-3-8-6(7)4-5-12-8/h10-11,13-17,19,27,37,39H,3-9,12,18,20-21H2,1-2H3;1-5H,(H,10,11)/t27-;/m0./s1. The van der Waals surface area contributed by atoms with Crippen LogP contribution in [-0.4, -0.2) is 50.0 Å². The number of carboxylic acids is 1. The normalized spacial score (nSPS) is 14.3. The second-order valence-electron chi connectivity index (χ2n) is 13.6. The molecule has 0 saturated carbocycles. The SMILES string of the molecule is CCCCCCCCCCNc1[nH]c2ccccc2c1[C@@H]1CSCN1C(=O)c1nc(C)sc1-c1cccc(C(F)(F)F)c1.O=C(O)c1cccc2occc12. The largest absolute Gasteiger partial charge is 0.478 e. The summed E-state index contributed by atoms with van der Waals surface area (Å²) >= 11 is 2.93. The van der Waals surface area contributed by atoms with Crippen LogP contribution < -0.4 is 5.32 Å². The van der Waals surface area contributed by atoms with Crippen molar-refractivity contribution in [1.29, 1.82) is 0 Å². The monoisotopic (exact) mass is 790 g/mol. The van der Waals surface area contributed by atoms with Crippen LogP contribution in [0.3, 0.4) is 0 Å². The third kappa shape index (κ3) is 9.56. The summed E-state index contributed by atoms with van der Waals surface area (Å²) in [6.45, 7) is 4.86. The zero-order chi connectivity index (χ0) is 39.0. The van der Waals surface area contributed by atoms with Gasteiger partial charge in [-0.05, 0) is 55.3 Å². The van der Waals surface area contributed by atoms with Crippen LogP contribution >= 0.6 is 23.1 Å². The summed E-state index contributed by atoms with van der Waals surface area (Å²) < 4.78 is 45.5. The van der Waals surface area contributed by atoms with Crippen molar-refractivity contribution in [2.45, 2.75) is 77.4 Å². The van der Waals surface area contributed by atoms with Crippen molar-refractivity contribution < 1.29 is 32.3 Å². The summed E-state index contributed by atoms with van der Waals surface area (Å²) in [6.07, 6.45) is 7.01. The highest BCUT2D eigenvalue weighted by Crippen LogP contribution is 2.43. The number of amides is 1. The molecule has 0 unspecified atom stereocenters. The first-order valence-corrected chi connectivity index (χ1v) is 20.6. The second kappa shape index (κ2) is 18.3. The van der Waals surface area contributed by atoms with Gasteiger partial charge in [0.1, 0.15) is 17.1 Å². The smallest absolute Gasteiger partial charge is 0.416 e. The van der Waals surface area contributed by atoms with Crippen molar-refractivity contribution in [3.8, 4) is 10.4 Å². The predicted octanol–water partition coefficient (Wildman–Crippen LogP) is 12.2. The Kier molecular flexibility index (Phi) is 13.3. The van der Waals surface area contributed by atoms with E-state index in [-0.39, 0.29) is 23.2 Å². The number of aromatic nitrogens is 2. The van der Waals surface area contributed by atoms with E-state index in [1.54, 1.807) is 49.0 Å². The number of nitrogens with zero attached hydrogens (tertiary/aromatic N) is 2. The Bertz CT molecular complexity index is 2230. The van der Waals surface area contributed by atoms with E-state index in [0.717, 1.165) is 53.1 Å². The number of fused-ring (bicyclic) bond motifs is 2. The Morgan fingerprint density at radius 2 is 1.71 bits per heavy atom. The highest BCUT2D eigenvalue weighted by Gasteiger charge is 2.37. The lowest BCUT2D eigenvalue weighted by Crippen LogP contribution is -2.32. The first-order valence-electron chi connectivity index (χ1n) is 18.6. The molecule has 290 valence electrons. The molecule has 13 heteroatoms. The number of unbranched alkanes of at least 4 members (excludes halogenated alkanes) is 7. The Morgan fingerprint density at radius 3 is 2.47 bits per heavy atom. The van der Waals surface area contributed by atoms with Crippen LogP contribution in [0.5, 0.6) is 0 Å². The molecule has 6 aromatic rings. The number of hydrogen-bond donors (Lipinski definition) is 3. The fourth-order valence-corrected chi connectivity index (χ4v) is 9.00. The molecular formula is C42H45F3N4O4S2. The molecular weight excluding hydrogens is 746 g/mol. The molecule has 4 heterocycles. The molecule has 0 bridgehead atoms. The zero-order valence-electron chi connectivity index (χ0n) is 30.9. The lowest BCUT2D eigenvalue weighted by atomic mass is 10.0. The number of carbonyl (C=O) groups excluding carboxylic acids is 1. The number of benzene rings is 3. The van der Waals surface area contributed by atoms with Crippen LogP contribution in [0.25, 0.3) is 32.3 Å². The average molecular weight is 791 g/mol. The fourth-order valence-electron chi connectivity index (χ4n) is 6.92. The Balaban J connectivity index is 0.000000362. The van der Waals surface area contributed by atoms with Gasteiger partial charge in [0.25, 0.3) is 5.91 Å². The molecule has 1 fully saturated rings. The van der Waals surface area contributed by atoms with Crippen LogP contribution in [0.15, 0.2) is 83.5 Å². The van der Waals surface area contributed by atoms with Crippen LogP contribution in [0.4, 0.5) is 19.0 Å². The molecule has 1 aliphatic heterocycles. The van der Waals surface area contributed by atoms with Crippen molar-refractivity contribution in [3.63, 3.8) is 0 Å². The molecule has 55 heavy (non-hydrogen) atoms. The minimum Gasteiger partial charge on any atom is -0.478 e. The number of nitrogens with one attached hydrogen (secondary N) is 2. The van der Waals surface area contributed by atoms with Crippen LogP contribution in [0, 0.1) is 6.92 Å². The van der Waals surface area contributed by atoms with Gasteiger partial charge in [-0.25, -0.2) is 9.78 Å². The number of aromatic amines is 1. The van der Waals surface area contributed by atoms with Crippen molar-refractivity contribution >= 4 is 62.7 Å². The molecule has 0 radical (unpaired) electrons. The van der Waals surface area contributed by atoms with Gasteiger partial charge in [0, 0.05) is 34.2 Å². The highest BCUT2D eigenvalue weighted by atomic mass is 32.2. The Hall–Kier alpha value is -4.75. The van der Waals surface area contributed by atoms with Gasteiger partial charge < -0.3 is 24.7 Å². The number of halogens is 3. The van der Waals surface area contributed by atoms with Crippen LogP contribution in [-0.2, 0) is 6.18 Å². The summed E-state index contributed by atoms with van der Waals surface area (Å²) in [6, 6.07) is 19.7. The number of hydrogen-bond acceptors (Lipinski definition) is 7. The van der Waals surface area contributed by atoms with E-state index in [1.807, 2.05) is 23.1 Å². The minimum atomic E-state index is -4.47. The molecule has 1 aliphatic rings. The van der Waals surface area contributed by atoms with Gasteiger partial charge in [-0.2, -0.15) is 13.2 Å². The molecule has 1 saturated heterocycles. The van der Waals surface area contributed by atoms with Gasteiger partial charge in [-0.3, -0.25) is 4.79 Å². The molecule has 3 N–H and O–H groups in total. The van der Waals surface area contributed by atoms with Gasteiger partial charge in [-0.1, -0.05) is 88.3 Å². The summed E-state index contributed by atoms with van der Waals surface area (Å²) in [5.41, 5.74) is 2.77. The fraction of sp³-hybridized carbons (Fsp3) is 0.357. The van der Waals surface area contributed by atoms with Crippen molar-refractivity contribution in [1.82, 2.24) is 14.9 Å². The van der Waals surface area contributed by atoms with E-state index in [2.05, 4.69) is 28.3 Å². The molecule has 3 aromatic carbocycles. The number of aryl methyl sites for hydroxylation is 1. The van der Waals surface area contributed by atoms with E-state index in [0.29, 0.717) is 32.3 Å². The third-order valence-electron chi connectivity index (χ3n) is 9.67. The molecule has 8 nitrogen and oxygen atoms in total. The predicted molar refractivity (Wildman–Crippen MR) is 216 cm³/mol. The summed E-state index contributed by atoms with van der Waals surface area (Å²) in [5, 5.41) is 14.7. The first kappa shape index (κ1) is 39.9. The third-order valence-corrected chi connectivity index (χ3v) is 11.7. The van der Waals surface area contributed by atoms with Crippen molar-refractivity contribution in [2.24, 2.45) is 0 Å². The van der Waals surface area contributed by atoms with E-state index < -0.39 is 17.7 Å². The number of furan rings is 1. The Morgan fingerprint density at radius 1 is 0.964 bits per heavy atom. The number of H-pyrrole nitrogens is 1. The zero-order valence-corrected chi connectivity index (χ0v) is 32.5. The maximum absolute atomic E-state index is 14.1. The molecule has 3 aromatic heterocycles. The minimum absolute atomic E-state index is 0.203. The second-order valence-corrected chi connectivity index (χ2v) is 15.8. The van der Waals surface area contributed by atoms with E-state index >= 15 is 0 Å². The van der Waals surface area contributed by atoms with E-state index in [9.17, 15) is 22.8 Å². The Labute approximate surface area is 326 Å². The van der Waals surface area contributed by atoms with Crippen LogP contribution in [0.2, 0.25) is 0 Å². The van der Waals surface area contributed by atoms with Gasteiger partial charge in [-0.15, -0.1) is 23.1 Å². The molecule has 0 aliphatic carbocycles. The number of thioether (sulfide) groups is 1. The first-order chi connectivity index (χ1) is 26.6. The molecule has 1 atom stereocenters. The molecule has 7 rings (SSSR count). The maximum atomic E-state index is 14.1. The number of para-hydroxylation sites is 1. The van der Waals surface area contributed by atoms with Gasteiger partial charge in [0.2, 0.25) is 0 Å². The lowest BCUT2D eigenvalue weighted by Gasteiger charge is -2.25. The summed E-state index contributed by atoms with van der Waals surface area (Å²) in [4.78, 5) is 35.2.